The lowest BCUT2D eigenvalue weighted by Crippen LogP contribution is -2.45. The fourth-order valence-corrected chi connectivity index (χ4v) is 9.12. The number of ether oxygens (including phenoxy) is 3. The van der Waals surface area contributed by atoms with E-state index in [1.165, 1.54) is 11.0 Å². The van der Waals surface area contributed by atoms with Crippen LogP contribution in [0.5, 0.6) is 11.8 Å². The van der Waals surface area contributed by atoms with Gasteiger partial charge in [-0.15, -0.1) is 11.3 Å². The Hall–Kier alpha value is -3.64. The molecule has 3 saturated heterocycles. The van der Waals surface area contributed by atoms with Crippen LogP contribution in [0.25, 0.3) is 32.1 Å². The van der Waals surface area contributed by atoms with E-state index in [1.54, 1.807) is 0 Å². The monoisotopic (exact) mass is 688 g/mol. The molecule has 246 valence electrons. The van der Waals surface area contributed by atoms with Gasteiger partial charge in [0.05, 0.1) is 45.4 Å². The van der Waals surface area contributed by atoms with Gasteiger partial charge in [0.15, 0.2) is 11.6 Å². The number of fused-ring (bicyclic) bond motifs is 4. The molecule has 4 aliphatic rings. The minimum absolute atomic E-state index is 0.00244. The van der Waals surface area contributed by atoms with Crippen LogP contribution in [0, 0.1) is 28.9 Å². The zero-order valence-electron chi connectivity index (χ0n) is 25.2. The van der Waals surface area contributed by atoms with Crippen LogP contribution in [0.15, 0.2) is 12.1 Å². The van der Waals surface area contributed by atoms with Gasteiger partial charge < -0.3 is 24.8 Å². The smallest absolute Gasteiger partial charge is 0.319 e. The molecule has 0 bridgehead atoms. The van der Waals surface area contributed by atoms with Crippen molar-refractivity contribution in [3.63, 3.8) is 0 Å². The summed E-state index contributed by atoms with van der Waals surface area (Å²) in [5, 5.41) is 9.85. The van der Waals surface area contributed by atoms with E-state index in [4.69, 9.17) is 31.5 Å². The fraction of sp³-hybridized carbons (Fsp3) is 0.469. The zero-order chi connectivity index (χ0) is 32.8. The Labute approximate surface area is 275 Å². The van der Waals surface area contributed by atoms with Crippen LogP contribution in [-0.4, -0.2) is 78.4 Å². The van der Waals surface area contributed by atoms with Crippen molar-refractivity contribution in [1.29, 1.82) is 5.26 Å². The SMILES string of the molecule is C[C@H]1CN2CCC[C@@]2(COc2nc3c4c(c(Cl)c(-c5ccc(F)c6sc(N)c(C#N)c56)c(F)c4n2)OCC2COCC(F)(F)CN32)C1. The Morgan fingerprint density at radius 1 is 1.23 bits per heavy atom. The molecule has 3 fully saturated rings. The molecule has 8 rings (SSSR count). The normalized spacial score (nSPS) is 25.3. The van der Waals surface area contributed by atoms with Crippen molar-refractivity contribution in [1.82, 2.24) is 14.9 Å². The van der Waals surface area contributed by atoms with Gasteiger partial charge >= 0.3 is 6.01 Å². The standard InChI is InChI=1S/C32H29ClF4N6O3S/c1-15-7-31(5-2-6-42(31)9-15)13-46-30-40-25-22-26(45-11-16-10-44-14-32(36,37)12-43(16)29(22)41-30)23(33)21(24(25)35)17-3-4-19(34)27-20(17)18(8-38)28(39)47-27/h3-4,15-16H,2,5-7,9-14,39H2,1H3/t15-,16?,31+/m1/s1. The first kappa shape index (κ1) is 30.7. The maximum atomic E-state index is 17.1. The van der Waals surface area contributed by atoms with Crippen LogP contribution in [0.3, 0.4) is 0 Å². The number of hydrogen-bond acceptors (Lipinski definition) is 10. The average Bonchev–Trinajstić information content (AvgIpc) is 3.60. The van der Waals surface area contributed by atoms with E-state index in [0.29, 0.717) is 5.92 Å². The maximum absolute atomic E-state index is 17.1. The predicted octanol–water partition coefficient (Wildman–Crippen LogP) is 6.38. The molecule has 0 radical (unpaired) electrons. The highest BCUT2D eigenvalue weighted by molar-refractivity contribution is 7.23. The van der Waals surface area contributed by atoms with Gasteiger partial charge in [-0.3, -0.25) is 4.90 Å². The highest BCUT2D eigenvalue weighted by Gasteiger charge is 2.48. The minimum Gasteiger partial charge on any atom is -0.489 e. The lowest BCUT2D eigenvalue weighted by atomic mass is 9.92. The van der Waals surface area contributed by atoms with Gasteiger partial charge in [-0.1, -0.05) is 24.6 Å². The number of aromatic nitrogens is 2. The first-order valence-corrected chi connectivity index (χ1v) is 16.6. The summed E-state index contributed by atoms with van der Waals surface area (Å²) in [7, 11) is 0. The first-order valence-electron chi connectivity index (χ1n) is 15.4. The number of anilines is 2. The van der Waals surface area contributed by atoms with Gasteiger partial charge in [-0.25, -0.2) is 17.6 Å². The van der Waals surface area contributed by atoms with Gasteiger partial charge in [0.25, 0.3) is 5.92 Å². The molecule has 9 nitrogen and oxygen atoms in total. The molecule has 2 N–H and O–H groups in total. The summed E-state index contributed by atoms with van der Waals surface area (Å²) in [5.74, 6) is -4.37. The number of hydrogen-bond donors (Lipinski definition) is 1. The maximum Gasteiger partial charge on any atom is 0.319 e. The Bertz CT molecular complexity index is 2010. The highest BCUT2D eigenvalue weighted by atomic mass is 35.5. The molecular formula is C32H29ClF4N6O3S. The van der Waals surface area contributed by atoms with E-state index < -0.39 is 36.8 Å². The number of thiophene rings is 1. The van der Waals surface area contributed by atoms with Crippen molar-refractivity contribution >= 4 is 54.7 Å². The Balaban J connectivity index is 1.36. The molecule has 2 aromatic carbocycles. The van der Waals surface area contributed by atoms with Crippen molar-refractivity contribution in [2.24, 2.45) is 5.92 Å². The summed E-state index contributed by atoms with van der Waals surface area (Å²) in [4.78, 5) is 12.9. The number of nitrogen functional groups attached to an aromatic ring is 1. The molecule has 47 heavy (non-hydrogen) atoms. The summed E-state index contributed by atoms with van der Waals surface area (Å²) >= 11 is 7.80. The third-order valence-corrected chi connectivity index (χ3v) is 11.2. The molecular weight excluding hydrogens is 660 g/mol. The van der Waals surface area contributed by atoms with Gasteiger partial charge in [-0.2, -0.15) is 15.2 Å². The fourth-order valence-electron chi connectivity index (χ4n) is 7.83. The molecule has 4 aliphatic heterocycles. The largest absolute Gasteiger partial charge is 0.489 e. The van der Waals surface area contributed by atoms with Gasteiger partial charge in [0.2, 0.25) is 0 Å². The van der Waals surface area contributed by atoms with Crippen LogP contribution in [0.2, 0.25) is 5.02 Å². The molecule has 0 amide bonds. The predicted molar refractivity (Wildman–Crippen MR) is 170 cm³/mol. The van der Waals surface area contributed by atoms with E-state index in [2.05, 4.69) is 21.8 Å². The summed E-state index contributed by atoms with van der Waals surface area (Å²) in [5.41, 5.74) is 5.45. The number of nitrogens with two attached hydrogens (primary N) is 1. The average molecular weight is 689 g/mol. The third-order valence-electron chi connectivity index (χ3n) is 9.77. The third kappa shape index (κ3) is 4.76. The van der Waals surface area contributed by atoms with Crippen LogP contribution in [0.1, 0.15) is 31.7 Å². The first-order chi connectivity index (χ1) is 22.5. The Morgan fingerprint density at radius 2 is 2.06 bits per heavy atom. The number of rotatable bonds is 4. The molecule has 6 heterocycles. The second-order valence-corrected chi connectivity index (χ2v) is 14.4. The summed E-state index contributed by atoms with van der Waals surface area (Å²) in [6, 6.07) is 3.56. The number of nitriles is 1. The molecule has 0 spiro atoms. The van der Waals surface area contributed by atoms with E-state index in [1.807, 2.05) is 6.07 Å². The molecule has 15 heteroatoms. The Kier molecular flexibility index (Phi) is 7.15. The van der Waals surface area contributed by atoms with E-state index in [-0.39, 0.29) is 90.6 Å². The van der Waals surface area contributed by atoms with E-state index >= 15 is 13.2 Å². The molecule has 2 aromatic heterocycles. The highest BCUT2D eigenvalue weighted by Crippen LogP contribution is 2.51. The van der Waals surface area contributed by atoms with Crippen LogP contribution >= 0.6 is 22.9 Å². The van der Waals surface area contributed by atoms with Gasteiger partial charge in [0, 0.05) is 17.5 Å². The summed E-state index contributed by atoms with van der Waals surface area (Å²) in [6.45, 7) is 2.53. The number of alkyl halides is 2. The van der Waals surface area contributed by atoms with Gasteiger partial charge in [0.1, 0.15) is 48.0 Å². The minimum atomic E-state index is -3.24. The second kappa shape index (κ2) is 10.9. The molecule has 0 aliphatic carbocycles. The van der Waals surface area contributed by atoms with Crippen molar-refractivity contribution in [2.45, 2.75) is 43.7 Å². The number of nitrogens with zero attached hydrogens (tertiary/aromatic N) is 5. The molecule has 1 unspecified atom stereocenters. The van der Waals surface area contributed by atoms with Crippen LogP contribution in [0.4, 0.5) is 28.4 Å². The summed E-state index contributed by atoms with van der Waals surface area (Å²) in [6.07, 6.45) is 2.86. The molecule has 3 atom stereocenters. The zero-order valence-corrected chi connectivity index (χ0v) is 26.8. The molecule has 0 saturated carbocycles. The van der Waals surface area contributed by atoms with E-state index in [0.717, 1.165) is 49.8 Å². The van der Waals surface area contributed by atoms with Crippen molar-refractivity contribution in [3.8, 4) is 29.0 Å². The van der Waals surface area contributed by atoms with E-state index in [9.17, 15) is 9.65 Å². The van der Waals surface area contributed by atoms with Gasteiger partial charge in [-0.05, 0) is 43.4 Å². The Morgan fingerprint density at radius 3 is 2.87 bits per heavy atom. The lowest BCUT2D eigenvalue weighted by molar-refractivity contribution is -0.0578. The topological polar surface area (TPSA) is 110 Å². The van der Waals surface area contributed by atoms with Crippen molar-refractivity contribution in [2.75, 3.05) is 56.7 Å². The molecule has 4 aromatic rings. The summed E-state index contributed by atoms with van der Waals surface area (Å²) < 4.78 is 79.9. The number of benzene rings is 2. The number of halogens is 5. The quantitative estimate of drug-likeness (QED) is 0.244. The lowest BCUT2D eigenvalue weighted by Gasteiger charge is -2.32. The van der Waals surface area contributed by atoms with Crippen molar-refractivity contribution in [3.05, 3.63) is 34.4 Å². The van der Waals surface area contributed by atoms with Crippen molar-refractivity contribution < 1.29 is 31.8 Å². The van der Waals surface area contributed by atoms with Crippen LogP contribution in [-0.2, 0) is 4.74 Å². The van der Waals surface area contributed by atoms with Crippen LogP contribution < -0.4 is 20.1 Å². The second-order valence-electron chi connectivity index (χ2n) is 13.0.